The van der Waals surface area contributed by atoms with E-state index >= 15 is 0 Å². The number of ether oxygens (including phenoxy) is 2. The number of carbonyl (C=O) groups is 3. The second kappa shape index (κ2) is 12.9. The molecule has 0 radical (unpaired) electrons. The Hall–Kier alpha value is -5.02. The Morgan fingerprint density at radius 3 is 2.04 bits per heavy atom. The van der Waals surface area contributed by atoms with Gasteiger partial charge in [0.2, 0.25) is 5.91 Å². The Kier molecular flexibility index (Phi) is 8.62. The summed E-state index contributed by atoms with van der Waals surface area (Å²) in [6.07, 6.45) is 3.73. The van der Waals surface area contributed by atoms with E-state index < -0.39 is 23.8 Å². The number of hydrogen-bond acceptors (Lipinski definition) is 7. The monoisotopic (exact) mass is 663 g/mol. The lowest BCUT2D eigenvalue weighted by Crippen LogP contribution is -2.59. The predicted octanol–water partition coefficient (Wildman–Crippen LogP) is 6.43. The fraction of sp³-hybridized carbons (Fsp3) is 0.167. The number of benzene rings is 4. The molecule has 1 amide bonds. The number of anilines is 2. The van der Waals surface area contributed by atoms with Crippen molar-refractivity contribution in [3.05, 3.63) is 137 Å². The van der Waals surface area contributed by atoms with Gasteiger partial charge in [0.15, 0.2) is 11.5 Å². The zero-order chi connectivity index (χ0) is 31.5. The third-order valence-corrected chi connectivity index (χ3v) is 8.64. The SMILES string of the molecule is COC(=O)C1=NN(c2ccc(Br)cc2)[C@H](C(=O)c2ccccc2)[C@H]1C=C[C@H]1[C@@H](c2ccccc2)C(=O)N1c1ccc(OC)cc1. The number of nitrogens with zero attached hydrogens (tertiary/aromatic N) is 3. The van der Waals surface area contributed by atoms with Crippen LogP contribution in [0.5, 0.6) is 5.75 Å². The molecule has 4 aromatic carbocycles. The van der Waals surface area contributed by atoms with Crippen molar-refractivity contribution in [2.75, 3.05) is 24.1 Å². The molecule has 8 nitrogen and oxygen atoms in total. The molecule has 0 bridgehead atoms. The molecule has 226 valence electrons. The van der Waals surface area contributed by atoms with Crippen LogP contribution in [0.25, 0.3) is 0 Å². The summed E-state index contributed by atoms with van der Waals surface area (Å²) < 4.78 is 11.3. The van der Waals surface area contributed by atoms with Crippen LogP contribution in [0, 0.1) is 5.92 Å². The number of hydrogen-bond donors (Lipinski definition) is 0. The van der Waals surface area contributed by atoms with Crippen LogP contribution in [0.1, 0.15) is 21.8 Å². The quantitative estimate of drug-likeness (QED) is 0.0888. The molecular weight excluding hydrogens is 634 g/mol. The normalized spacial score (nSPS) is 21.0. The zero-order valence-corrected chi connectivity index (χ0v) is 26.2. The first-order chi connectivity index (χ1) is 21.9. The van der Waals surface area contributed by atoms with E-state index in [4.69, 9.17) is 9.47 Å². The highest BCUT2D eigenvalue weighted by molar-refractivity contribution is 9.10. The standard InChI is InChI=1S/C36H30BrN3O5/c1-44-28-19-17-26(18-20-28)39-30(31(35(39)42)23-9-5-3-6-10-23)22-21-29-32(36(43)45-2)38-40(27-15-13-25(37)14-16-27)33(29)34(41)24-11-7-4-8-12-24/h3-22,29-31,33H,1-2H3/t29-,30-,31+,33-/m0/s1. The molecule has 2 aliphatic rings. The first-order valence-electron chi connectivity index (χ1n) is 14.4. The summed E-state index contributed by atoms with van der Waals surface area (Å²) in [5.74, 6) is -1.42. The minimum atomic E-state index is -0.876. The highest BCUT2D eigenvalue weighted by atomic mass is 79.9. The van der Waals surface area contributed by atoms with Crippen LogP contribution in [0.4, 0.5) is 11.4 Å². The summed E-state index contributed by atoms with van der Waals surface area (Å²) in [7, 11) is 2.89. The van der Waals surface area contributed by atoms with Crippen molar-refractivity contribution in [3.63, 3.8) is 0 Å². The van der Waals surface area contributed by atoms with Gasteiger partial charge in [0.05, 0.1) is 37.8 Å². The van der Waals surface area contributed by atoms with Crippen molar-refractivity contribution < 1.29 is 23.9 Å². The Balaban J connectivity index is 1.43. The Labute approximate surface area is 269 Å². The second-order valence-corrected chi connectivity index (χ2v) is 11.6. The summed E-state index contributed by atoms with van der Waals surface area (Å²) in [5, 5.41) is 6.26. The fourth-order valence-electron chi connectivity index (χ4n) is 5.87. The molecule has 9 heteroatoms. The highest BCUT2D eigenvalue weighted by Gasteiger charge is 2.49. The lowest BCUT2D eigenvalue weighted by atomic mass is 9.79. The van der Waals surface area contributed by atoms with Crippen LogP contribution in [0.15, 0.2) is 131 Å². The molecule has 2 heterocycles. The molecule has 0 spiro atoms. The maximum Gasteiger partial charge on any atom is 0.354 e. The van der Waals surface area contributed by atoms with Crippen LogP contribution >= 0.6 is 15.9 Å². The molecule has 0 N–H and O–H groups in total. The third kappa shape index (κ3) is 5.79. The maximum atomic E-state index is 14.2. The van der Waals surface area contributed by atoms with Gasteiger partial charge in [0.1, 0.15) is 11.8 Å². The Morgan fingerprint density at radius 1 is 0.800 bits per heavy atom. The first kappa shape index (κ1) is 30.0. The number of rotatable bonds is 9. The van der Waals surface area contributed by atoms with Gasteiger partial charge in [-0.05, 0) is 54.1 Å². The van der Waals surface area contributed by atoms with Gasteiger partial charge in [-0.25, -0.2) is 4.79 Å². The van der Waals surface area contributed by atoms with E-state index in [1.165, 1.54) is 7.11 Å². The van der Waals surface area contributed by atoms with E-state index in [1.807, 2.05) is 97.1 Å². The molecule has 1 saturated heterocycles. The van der Waals surface area contributed by atoms with Crippen LogP contribution in [0.2, 0.25) is 0 Å². The van der Waals surface area contributed by atoms with E-state index in [0.29, 0.717) is 22.7 Å². The molecule has 0 aromatic heterocycles. The number of ketones is 1. The first-order valence-corrected chi connectivity index (χ1v) is 15.2. The number of esters is 1. The largest absolute Gasteiger partial charge is 0.497 e. The van der Waals surface area contributed by atoms with Gasteiger partial charge in [-0.2, -0.15) is 5.10 Å². The predicted molar refractivity (Wildman–Crippen MR) is 177 cm³/mol. The summed E-state index contributed by atoms with van der Waals surface area (Å²) in [5.41, 5.74) is 2.83. The zero-order valence-electron chi connectivity index (χ0n) is 24.6. The molecule has 0 saturated carbocycles. The van der Waals surface area contributed by atoms with Crippen molar-refractivity contribution in [2.24, 2.45) is 11.0 Å². The third-order valence-electron chi connectivity index (χ3n) is 8.12. The van der Waals surface area contributed by atoms with Crippen LogP contribution < -0.4 is 14.6 Å². The van der Waals surface area contributed by atoms with E-state index in [9.17, 15) is 14.4 Å². The summed E-state index contributed by atoms with van der Waals surface area (Å²) in [6.45, 7) is 0. The molecule has 4 aromatic rings. The smallest absolute Gasteiger partial charge is 0.354 e. The van der Waals surface area contributed by atoms with Gasteiger partial charge in [-0.3, -0.25) is 14.6 Å². The lowest BCUT2D eigenvalue weighted by molar-refractivity contribution is -0.133. The van der Waals surface area contributed by atoms with E-state index in [-0.39, 0.29) is 23.4 Å². The van der Waals surface area contributed by atoms with Gasteiger partial charge in [0, 0.05) is 15.7 Å². The highest BCUT2D eigenvalue weighted by Crippen LogP contribution is 2.41. The van der Waals surface area contributed by atoms with Gasteiger partial charge in [-0.1, -0.05) is 88.7 Å². The van der Waals surface area contributed by atoms with E-state index in [2.05, 4.69) is 21.0 Å². The van der Waals surface area contributed by atoms with Gasteiger partial charge >= 0.3 is 5.97 Å². The number of β-lactam (4-membered cyclic amide) rings is 1. The molecular formula is C36H30BrN3O5. The molecule has 0 aliphatic carbocycles. The number of halogens is 1. The van der Waals surface area contributed by atoms with Crippen molar-refractivity contribution >= 4 is 50.7 Å². The van der Waals surface area contributed by atoms with E-state index in [0.717, 1.165) is 10.0 Å². The molecule has 1 fully saturated rings. The molecule has 0 unspecified atom stereocenters. The Morgan fingerprint density at radius 2 is 1.42 bits per heavy atom. The summed E-state index contributed by atoms with van der Waals surface area (Å²) >= 11 is 3.46. The number of hydrazone groups is 1. The minimum Gasteiger partial charge on any atom is -0.497 e. The van der Waals surface area contributed by atoms with Gasteiger partial charge in [0.25, 0.3) is 0 Å². The number of amides is 1. The van der Waals surface area contributed by atoms with Crippen LogP contribution in [-0.4, -0.2) is 49.7 Å². The van der Waals surface area contributed by atoms with Crippen molar-refractivity contribution in [3.8, 4) is 5.75 Å². The fourth-order valence-corrected chi connectivity index (χ4v) is 6.13. The van der Waals surface area contributed by atoms with Crippen molar-refractivity contribution in [2.45, 2.75) is 18.0 Å². The number of carbonyl (C=O) groups excluding carboxylic acids is 3. The summed E-state index contributed by atoms with van der Waals surface area (Å²) in [4.78, 5) is 42.7. The average Bonchev–Trinajstić information content (AvgIpc) is 3.46. The summed E-state index contributed by atoms with van der Waals surface area (Å²) in [6, 6.07) is 31.9. The van der Waals surface area contributed by atoms with E-state index in [1.54, 1.807) is 41.3 Å². The van der Waals surface area contributed by atoms with Gasteiger partial charge in [-0.15, -0.1) is 0 Å². The topological polar surface area (TPSA) is 88.5 Å². The second-order valence-electron chi connectivity index (χ2n) is 10.7. The average molecular weight is 665 g/mol. The van der Waals surface area contributed by atoms with Crippen LogP contribution in [0.3, 0.4) is 0 Å². The number of Topliss-reactive ketones (excluding diaryl/α,β-unsaturated/α-hetero) is 1. The number of methoxy groups -OCH3 is 2. The van der Waals surface area contributed by atoms with Crippen LogP contribution in [-0.2, 0) is 14.3 Å². The van der Waals surface area contributed by atoms with Crippen molar-refractivity contribution in [1.29, 1.82) is 0 Å². The lowest BCUT2D eigenvalue weighted by Gasteiger charge is -2.46. The molecule has 2 aliphatic heterocycles. The minimum absolute atomic E-state index is 0.0531. The van der Waals surface area contributed by atoms with Crippen molar-refractivity contribution in [1.82, 2.24) is 0 Å². The molecule has 45 heavy (non-hydrogen) atoms. The molecule has 6 rings (SSSR count). The Bertz CT molecular complexity index is 1760. The van der Waals surface area contributed by atoms with Gasteiger partial charge < -0.3 is 14.4 Å². The maximum absolute atomic E-state index is 14.2. The molecule has 4 atom stereocenters.